The lowest BCUT2D eigenvalue weighted by molar-refractivity contribution is 0.0705. The Morgan fingerprint density at radius 2 is 2.04 bits per heavy atom. The lowest BCUT2D eigenvalue weighted by Crippen LogP contribution is -2.38. The van der Waals surface area contributed by atoms with Gasteiger partial charge in [0.1, 0.15) is 5.82 Å². The van der Waals surface area contributed by atoms with Crippen LogP contribution < -0.4 is 0 Å². The number of aromatic nitrogens is 4. The Kier molecular flexibility index (Phi) is 4.23. The second kappa shape index (κ2) is 6.58. The van der Waals surface area contributed by atoms with Gasteiger partial charge in [-0.25, -0.2) is 13.8 Å². The fraction of sp³-hybridized carbons (Fsp3) is 0.278. The second-order valence-electron chi connectivity index (χ2n) is 6.44. The molecule has 2 aromatic heterocycles. The number of fused-ring (bicyclic) bond motifs is 1. The predicted octanol–water partition coefficient (Wildman–Crippen LogP) is 1.63. The van der Waals surface area contributed by atoms with E-state index in [2.05, 4.69) is 10.1 Å². The molecule has 9 heteroatoms. The fourth-order valence-corrected chi connectivity index (χ4v) is 3.18. The molecule has 27 heavy (non-hydrogen) atoms. The first-order chi connectivity index (χ1) is 12.9. The van der Waals surface area contributed by atoms with E-state index in [-0.39, 0.29) is 18.0 Å². The molecule has 1 N–H and O–H groups in total. The number of rotatable bonds is 3. The maximum absolute atomic E-state index is 13.4. The normalized spacial score (nSPS) is 14.9. The summed E-state index contributed by atoms with van der Waals surface area (Å²) >= 11 is 0. The molecule has 3 heterocycles. The molecule has 1 atom stereocenters. The third-order valence-corrected chi connectivity index (χ3v) is 4.65. The summed E-state index contributed by atoms with van der Waals surface area (Å²) in [5.74, 6) is -1.95. The van der Waals surface area contributed by atoms with Crippen molar-refractivity contribution >= 4 is 5.91 Å². The standard InChI is InChI=1S/C18H17F2N5O2/c1-23-5-4-21-17(23)16(26)15-9-12-10-24(6-7-25(12)22-15)18(27)11-2-3-13(19)14(20)8-11/h2-5,8-9,16,26H,6-7,10H2,1H3/t16-/m1/s1. The Labute approximate surface area is 153 Å². The molecule has 4 rings (SSSR count). The topological polar surface area (TPSA) is 76.2 Å². The molecule has 1 aliphatic heterocycles. The number of imidazole rings is 1. The molecule has 0 spiro atoms. The molecule has 0 fully saturated rings. The number of hydrogen-bond acceptors (Lipinski definition) is 4. The highest BCUT2D eigenvalue weighted by Crippen LogP contribution is 2.23. The molecular formula is C18H17F2N5O2. The fourth-order valence-electron chi connectivity index (χ4n) is 3.18. The number of aliphatic hydroxyl groups is 1. The summed E-state index contributed by atoms with van der Waals surface area (Å²) in [5, 5.41) is 14.9. The molecular weight excluding hydrogens is 356 g/mol. The van der Waals surface area contributed by atoms with Gasteiger partial charge in [-0.1, -0.05) is 0 Å². The highest BCUT2D eigenvalue weighted by atomic mass is 19.2. The summed E-state index contributed by atoms with van der Waals surface area (Å²) in [6, 6.07) is 4.84. The van der Waals surface area contributed by atoms with Crippen molar-refractivity contribution in [2.75, 3.05) is 6.54 Å². The van der Waals surface area contributed by atoms with Crippen molar-refractivity contribution in [1.82, 2.24) is 24.2 Å². The van der Waals surface area contributed by atoms with Crippen LogP contribution in [0.1, 0.15) is 33.7 Å². The van der Waals surface area contributed by atoms with Crippen molar-refractivity contribution in [1.29, 1.82) is 0 Å². The maximum atomic E-state index is 13.4. The minimum atomic E-state index is -1.05. The zero-order chi connectivity index (χ0) is 19.1. The van der Waals surface area contributed by atoms with Crippen LogP contribution in [0.2, 0.25) is 0 Å². The van der Waals surface area contributed by atoms with E-state index in [0.29, 0.717) is 24.6 Å². The molecule has 0 aliphatic carbocycles. The zero-order valence-corrected chi connectivity index (χ0v) is 14.5. The molecule has 0 unspecified atom stereocenters. The first-order valence-corrected chi connectivity index (χ1v) is 8.40. The number of halogens is 2. The summed E-state index contributed by atoms with van der Waals surface area (Å²) in [5.41, 5.74) is 1.29. The van der Waals surface area contributed by atoms with Gasteiger partial charge in [-0.2, -0.15) is 5.10 Å². The van der Waals surface area contributed by atoms with Crippen LogP contribution in [0.4, 0.5) is 8.78 Å². The number of nitrogens with zero attached hydrogens (tertiary/aromatic N) is 5. The van der Waals surface area contributed by atoms with Crippen molar-refractivity contribution in [3.63, 3.8) is 0 Å². The highest BCUT2D eigenvalue weighted by Gasteiger charge is 2.26. The molecule has 0 bridgehead atoms. The van der Waals surface area contributed by atoms with E-state index in [0.717, 1.165) is 17.8 Å². The number of aliphatic hydroxyl groups excluding tert-OH is 1. The molecule has 3 aromatic rings. The lowest BCUT2D eigenvalue weighted by atomic mass is 10.1. The van der Waals surface area contributed by atoms with Crippen molar-refractivity contribution < 1.29 is 18.7 Å². The maximum Gasteiger partial charge on any atom is 0.254 e. The van der Waals surface area contributed by atoms with Gasteiger partial charge in [0.25, 0.3) is 5.91 Å². The van der Waals surface area contributed by atoms with Crippen LogP contribution in [0.15, 0.2) is 36.7 Å². The molecule has 1 amide bonds. The van der Waals surface area contributed by atoms with E-state index < -0.39 is 17.7 Å². The monoisotopic (exact) mass is 373 g/mol. The highest BCUT2D eigenvalue weighted by molar-refractivity contribution is 5.94. The Balaban J connectivity index is 1.55. The van der Waals surface area contributed by atoms with Gasteiger partial charge in [-0.05, 0) is 24.3 Å². The summed E-state index contributed by atoms with van der Waals surface area (Å²) in [4.78, 5) is 18.3. The van der Waals surface area contributed by atoms with Gasteiger partial charge >= 0.3 is 0 Å². The van der Waals surface area contributed by atoms with E-state index in [1.54, 1.807) is 39.7 Å². The summed E-state index contributed by atoms with van der Waals surface area (Å²) in [6.07, 6.45) is 2.35. The van der Waals surface area contributed by atoms with Crippen LogP contribution in [0.25, 0.3) is 0 Å². The van der Waals surface area contributed by atoms with Gasteiger partial charge in [-0.15, -0.1) is 0 Å². The average molecular weight is 373 g/mol. The van der Waals surface area contributed by atoms with Crippen LogP contribution in [0, 0.1) is 11.6 Å². The number of benzene rings is 1. The Morgan fingerprint density at radius 3 is 2.74 bits per heavy atom. The van der Waals surface area contributed by atoms with Crippen molar-refractivity contribution in [3.8, 4) is 0 Å². The van der Waals surface area contributed by atoms with Crippen molar-refractivity contribution in [2.45, 2.75) is 19.2 Å². The Hall–Kier alpha value is -3.07. The minimum absolute atomic E-state index is 0.0927. The van der Waals surface area contributed by atoms with Crippen LogP contribution >= 0.6 is 0 Å². The Bertz CT molecular complexity index is 1010. The van der Waals surface area contributed by atoms with Gasteiger partial charge in [0.05, 0.1) is 24.5 Å². The van der Waals surface area contributed by atoms with Crippen LogP contribution in [-0.4, -0.2) is 41.8 Å². The number of amides is 1. The molecule has 1 aliphatic rings. The van der Waals surface area contributed by atoms with Crippen LogP contribution in [0.3, 0.4) is 0 Å². The largest absolute Gasteiger partial charge is 0.379 e. The van der Waals surface area contributed by atoms with Gasteiger partial charge < -0.3 is 14.6 Å². The molecule has 0 saturated carbocycles. The van der Waals surface area contributed by atoms with Gasteiger partial charge in [-0.3, -0.25) is 9.48 Å². The minimum Gasteiger partial charge on any atom is -0.379 e. The van der Waals surface area contributed by atoms with E-state index >= 15 is 0 Å². The number of carbonyl (C=O) groups is 1. The number of carbonyl (C=O) groups excluding carboxylic acids is 1. The molecule has 1 aromatic carbocycles. The van der Waals surface area contributed by atoms with E-state index in [1.807, 2.05) is 0 Å². The molecule has 0 radical (unpaired) electrons. The first-order valence-electron chi connectivity index (χ1n) is 8.40. The third kappa shape index (κ3) is 3.10. The van der Waals surface area contributed by atoms with Gasteiger partial charge in [0.2, 0.25) is 0 Å². The summed E-state index contributed by atoms with van der Waals surface area (Å²) in [6.45, 7) is 1.08. The predicted molar refractivity (Wildman–Crippen MR) is 90.6 cm³/mol. The molecule has 140 valence electrons. The van der Waals surface area contributed by atoms with Gasteiger partial charge in [0.15, 0.2) is 17.7 Å². The van der Waals surface area contributed by atoms with Crippen molar-refractivity contribution in [3.05, 3.63) is 71.1 Å². The SMILES string of the molecule is Cn1ccnc1[C@H](O)c1cc2n(n1)CCN(C(=O)c1ccc(F)c(F)c1)C2. The molecule has 7 nitrogen and oxygen atoms in total. The number of aryl methyl sites for hydroxylation is 1. The van der Waals surface area contributed by atoms with E-state index in [1.165, 1.54) is 6.07 Å². The van der Waals surface area contributed by atoms with E-state index in [4.69, 9.17) is 0 Å². The van der Waals surface area contributed by atoms with Gasteiger partial charge in [0, 0.05) is 31.5 Å². The van der Waals surface area contributed by atoms with Crippen LogP contribution in [0.5, 0.6) is 0 Å². The lowest BCUT2D eigenvalue weighted by Gasteiger charge is -2.27. The smallest absolute Gasteiger partial charge is 0.254 e. The summed E-state index contributed by atoms with van der Waals surface area (Å²) in [7, 11) is 1.78. The quantitative estimate of drug-likeness (QED) is 0.757. The number of hydrogen-bond donors (Lipinski definition) is 1. The Morgan fingerprint density at radius 1 is 1.22 bits per heavy atom. The van der Waals surface area contributed by atoms with Crippen molar-refractivity contribution in [2.24, 2.45) is 7.05 Å². The zero-order valence-electron chi connectivity index (χ0n) is 14.5. The average Bonchev–Trinajstić information content (AvgIpc) is 3.28. The second-order valence-corrected chi connectivity index (χ2v) is 6.44. The first kappa shape index (κ1) is 17.3. The third-order valence-electron chi connectivity index (χ3n) is 4.65. The summed E-state index contributed by atoms with van der Waals surface area (Å²) < 4.78 is 29.9. The van der Waals surface area contributed by atoms with E-state index in [9.17, 15) is 18.7 Å². The molecule has 0 saturated heterocycles. The van der Waals surface area contributed by atoms with Crippen LogP contribution in [-0.2, 0) is 20.1 Å².